The molecule has 0 rings (SSSR count). The SMILES string of the molecule is C=C(C)C(=O)OC(OCC)C(OCC)(OCC)OP(=O)(O)OCC[N+](C)(C)C. The van der Waals surface area contributed by atoms with Gasteiger partial charge >= 0.3 is 19.8 Å². The average Bonchev–Trinajstić information content (AvgIpc) is 2.52. The number of carbonyl (C=O) groups excluding carboxylic acids is 1. The topological polar surface area (TPSA) is 110 Å². The van der Waals surface area contributed by atoms with Crippen molar-refractivity contribution < 1.29 is 46.7 Å². The van der Waals surface area contributed by atoms with E-state index in [1.54, 1.807) is 20.8 Å². The second-order valence-electron chi connectivity index (χ2n) is 6.85. The molecule has 0 aromatic rings. The van der Waals surface area contributed by atoms with Crippen molar-refractivity contribution in [3.63, 3.8) is 0 Å². The Kier molecular flexibility index (Phi) is 11.6. The van der Waals surface area contributed by atoms with Gasteiger partial charge in [-0.15, -0.1) is 0 Å². The van der Waals surface area contributed by atoms with Crippen LogP contribution in [-0.2, 0) is 37.4 Å². The summed E-state index contributed by atoms with van der Waals surface area (Å²) in [6, 6.07) is 0. The molecule has 0 saturated carbocycles. The zero-order valence-electron chi connectivity index (χ0n) is 17.9. The third-order valence-electron chi connectivity index (χ3n) is 3.12. The van der Waals surface area contributed by atoms with E-state index < -0.39 is 26.1 Å². The minimum absolute atomic E-state index is 0.00702. The highest BCUT2D eigenvalue weighted by atomic mass is 31.2. The molecule has 2 unspecified atom stereocenters. The molecule has 0 bridgehead atoms. The van der Waals surface area contributed by atoms with Crippen LogP contribution >= 0.6 is 7.82 Å². The molecule has 166 valence electrons. The summed E-state index contributed by atoms with van der Waals surface area (Å²) in [5, 5.41) is 0. The van der Waals surface area contributed by atoms with Crippen LogP contribution in [0.1, 0.15) is 27.7 Å². The van der Waals surface area contributed by atoms with Gasteiger partial charge in [-0.1, -0.05) is 6.58 Å². The summed E-state index contributed by atoms with van der Waals surface area (Å²) < 4.78 is 44.8. The van der Waals surface area contributed by atoms with Gasteiger partial charge in [-0.05, 0) is 27.7 Å². The van der Waals surface area contributed by atoms with E-state index in [0.29, 0.717) is 11.0 Å². The summed E-state index contributed by atoms with van der Waals surface area (Å²) in [6.07, 6.45) is -1.59. The third-order valence-corrected chi connectivity index (χ3v) is 4.11. The maximum absolute atomic E-state index is 12.5. The van der Waals surface area contributed by atoms with Gasteiger partial charge < -0.3 is 28.3 Å². The molecule has 0 aromatic heterocycles. The van der Waals surface area contributed by atoms with Gasteiger partial charge in [0.1, 0.15) is 13.2 Å². The Bertz CT molecular complexity index is 541. The van der Waals surface area contributed by atoms with Crippen LogP contribution in [0.3, 0.4) is 0 Å². The van der Waals surface area contributed by atoms with E-state index in [2.05, 4.69) is 6.58 Å². The van der Waals surface area contributed by atoms with Crippen molar-refractivity contribution >= 4 is 13.8 Å². The fourth-order valence-corrected chi connectivity index (χ4v) is 2.73. The van der Waals surface area contributed by atoms with Crippen molar-refractivity contribution in [1.29, 1.82) is 0 Å². The summed E-state index contributed by atoms with van der Waals surface area (Å²) >= 11 is 0. The Morgan fingerprint density at radius 3 is 2.07 bits per heavy atom. The van der Waals surface area contributed by atoms with Crippen LogP contribution in [0.25, 0.3) is 0 Å². The van der Waals surface area contributed by atoms with Gasteiger partial charge in [-0.25, -0.2) is 13.9 Å². The molecule has 0 radical (unpaired) electrons. The number of quaternary nitrogens is 1. The first-order valence-electron chi connectivity index (χ1n) is 9.07. The van der Waals surface area contributed by atoms with Crippen LogP contribution < -0.4 is 0 Å². The monoisotopic (exact) mass is 428 g/mol. The summed E-state index contributed by atoms with van der Waals surface area (Å²) in [5.74, 6) is -3.10. The Balaban J connectivity index is 5.67. The van der Waals surface area contributed by atoms with E-state index in [1.165, 1.54) is 6.92 Å². The van der Waals surface area contributed by atoms with E-state index in [9.17, 15) is 14.3 Å². The molecule has 0 saturated heterocycles. The highest BCUT2D eigenvalue weighted by Gasteiger charge is 2.52. The normalized spacial score (nSPS) is 15.7. The molecule has 0 aliphatic carbocycles. The fourth-order valence-electron chi connectivity index (χ4n) is 1.85. The summed E-state index contributed by atoms with van der Waals surface area (Å²) in [6.45, 7) is 10.3. The zero-order valence-corrected chi connectivity index (χ0v) is 18.8. The third kappa shape index (κ3) is 10.1. The largest absolute Gasteiger partial charge is 0.476 e. The van der Waals surface area contributed by atoms with Crippen LogP contribution in [-0.4, -0.2) is 81.7 Å². The van der Waals surface area contributed by atoms with Gasteiger partial charge in [0.15, 0.2) is 0 Å². The van der Waals surface area contributed by atoms with Crippen LogP contribution in [0, 0.1) is 0 Å². The van der Waals surface area contributed by atoms with E-state index in [-0.39, 0.29) is 32.0 Å². The minimum atomic E-state index is -4.66. The van der Waals surface area contributed by atoms with Crippen LogP contribution in [0.4, 0.5) is 0 Å². The first-order chi connectivity index (χ1) is 12.8. The zero-order chi connectivity index (χ0) is 22.0. The molecule has 0 aliphatic rings. The smallest absolute Gasteiger partial charge is 0.423 e. The van der Waals surface area contributed by atoms with E-state index >= 15 is 0 Å². The summed E-state index contributed by atoms with van der Waals surface area (Å²) in [4.78, 5) is 22.2. The van der Waals surface area contributed by atoms with Crippen molar-refractivity contribution in [2.75, 3.05) is 54.1 Å². The van der Waals surface area contributed by atoms with Crippen molar-refractivity contribution in [2.24, 2.45) is 0 Å². The molecule has 0 aromatic carbocycles. The van der Waals surface area contributed by atoms with E-state index in [0.717, 1.165) is 0 Å². The van der Waals surface area contributed by atoms with E-state index in [1.807, 2.05) is 21.1 Å². The van der Waals surface area contributed by atoms with Crippen LogP contribution in [0.2, 0.25) is 0 Å². The quantitative estimate of drug-likeness (QED) is 0.138. The summed E-state index contributed by atoms with van der Waals surface area (Å²) in [5.41, 5.74) is 0.0953. The summed E-state index contributed by atoms with van der Waals surface area (Å²) in [7, 11) is 1.05. The Morgan fingerprint density at radius 2 is 1.68 bits per heavy atom. The van der Waals surface area contributed by atoms with Crippen molar-refractivity contribution in [2.45, 2.75) is 40.0 Å². The number of phosphoric ester groups is 1. The highest BCUT2D eigenvalue weighted by molar-refractivity contribution is 7.47. The molecule has 0 heterocycles. The number of likely N-dealkylation sites (N-methyl/N-ethyl adjacent to an activating group) is 1. The first-order valence-corrected chi connectivity index (χ1v) is 10.6. The Morgan fingerprint density at radius 1 is 1.14 bits per heavy atom. The van der Waals surface area contributed by atoms with Gasteiger partial charge in [0, 0.05) is 25.4 Å². The molecule has 1 N–H and O–H groups in total. The predicted octanol–water partition coefficient (Wildman–Crippen LogP) is 2.03. The van der Waals surface area contributed by atoms with Crippen molar-refractivity contribution in [3.8, 4) is 0 Å². The van der Waals surface area contributed by atoms with Crippen molar-refractivity contribution in [3.05, 3.63) is 12.2 Å². The van der Waals surface area contributed by atoms with Crippen molar-refractivity contribution in [1.82, 2.24) is 0 Å². The average molecular weight is 428 g/mol. The fraction of sp³-hybridized carbons (Fsp3) is 0.824. The Labute approximate surface area is 167 Å². The first kappa shape index (κ1) is 27.2. The number of ether oxygens (including phenoxy) is 4. The molecule has 0 aliphatic heterocycles. The lowest BCUT2D eigenvalue weighted by Gasteiger charge is -2.37. The second-order valence-corrected chi connectivity index (χ2v) is 8.23. The highest BCUT2D eigenvalue weighted by Crippen LogP contribution is 2.49. The number of hydrogen-bond donors (Lipinski definition) is 1. The molecule has 28 heavy (non-hydrogen) atoms. The standard InChI is InChI=1S/C17H34NO9P/c1-9-22-16(26-15(19)14(4)5)17(23-10-2,24-11-3)27-28(20,21)25-13-12-18(6,7)8/h16H,4,9-13H2,1-3,5-8H3/p+1. The maximum Gasteiger partial charge on any atom is 0.476 e. The number of nitrogens with zero attached hydrogens (tertiary/aromatic N) is 1. The maximum atomic E-state index is 12.5. The number of rotatable bonds is 15. The lowest BCUT2D eigenvalue weighted by molar-refractivity contribution is -0.870. The molecule has 2 atom stereocenters. The predicted molar refractivity (Wildman–Crippen MR) is 102 cm³/mol. The molecular weight excluding hydrogens is 393 g/mol. The van der Waals surface area contributed by atoms with Gasteiger partial charge in [0.05, 0.1) is 21.1 Å². The molecule has 10 nitrogen and oxygen atoms in total. The second kappa shape index (κ2) is 12.0. The van der Waals surface area contributed by atoms with Crippen LogP contribution in [0.5, 0.6) is 0 Å². The Hall–Kier alpha value is -0.840. The van der Waals surface area contributed by atoms with Gasteiger partial charge in [0.25, 0.3) is 6.29 Å². The van der Waals surface area contributed by atoms with Gasteiger partial charge in [-0.3, -0.25) is 4.52 Å². The molecule has 0 fully saturated rings. The molecule has 0 amide bonds. The minimum Gasteiger partial charge on any atom is -0.423 e. The molecular formula is C17H35NO9P+. The number of carbonyl (C=O) groups is 1. The van der Waals surface area contributed by atoms with Crippen LogP contribution in [0.15, 0.2) is 12.2 Å². The lowest BCUT2D eigenvalue weighted by atomic mass is 10.3. The van der Waals surface area contributed by atoms with Gasteiger partial charge in [-0.2, -0.15) is 0 Å². The van der Waals surface area contributed by atoms with Gasteiger partial charge in [0.2, 0.25) is 0 Å². The molecule has 0 spiro atoms. The lowest BCUT2D eigenvalue weighted by Crippen LogP contribution is -2.53. The number of hydrogen-bond acceptors (Lipinski definition) is 8. The van der Waals surface area contributed by atoms with E-state index in [4.69, 9.17) is 28.0 Å². The number of phosphoric acid groups is 1. The molecule has 11 heteroatoms. The number of esters is 1.